The predicted octanol–water partition coefficient (Wildman–Crippen LogP) is -12.0. The second-order valence-corrected chi connectivity index (χ2v) is 26.1. The van der Waals surface area contributed by atoms with Crippen molar-refractivity contribution in [1.29, 1.82) is 0 Å². The summed E-state index contributed by atoms with van der Waals surface area (Å²) in [5, 5.41) is 221. The second kappa shape index (κ2) is 35.0. The molecule has 6 aliphatic rings. The lowest BCUT2D eigenvalue weighted by Crippen LogP contribution is -2.73. The summed E-state index contributed by atoms with van der Waals surface area (Å²) < 4.78 is 88.2. The number of aliphatic carboxylic acids is 1. The van der Waals surface area contributed by atoms with Gasteiger partial charge in [0.1, 0.15) is 139 Å². The molecule has 566 valence electrons. The molecular formula is C57H101N3O37. The summed E-state index contributed by atoms with van der Waals surface area (Å²) >= 11 is 0. The number of rotatable bonds is 31. The topological polar surface area (TPSA) is 610 Å². The molecular weight excluding hydrogens is 1320 g/mol. The van der Waals surface area contributed by atoms with E-state index < -0.39 is 283 Å². The fourth-order valence-electron chi connectivity index (χ4n) is 12.6. The summed E-state index contributed by atoms with van der Waals surface area (Å²) in [6, 6.07) is -3.37. The van der Waals surface area contributed by atoms with E-state index in [9.17, 15) is 111 Å². The number of hydrogen-bond donors (Lipinski definition) is 22. The van der Waals surface area contributed by atoms with Crippen molar-refractivity contribution in [2.45, 2.75) is 274 Å². The number of β-amino-alcohol motifs (C(OH)–C–C–N with tert-alkyl or cyclic N) is 1. The minimum Gasteiger partial charge on any atom is -0.477 e. The van der Waals surface area contributed by atoms with Gasteiger partial charge in [0.25, 0.3) is 5.79 Å². The lowest BCUT2D eigenvalue weighted by Gasteiger charge is -2.55. The Morgan fingerprint density at radius 2 is 1.07 bits per heavy atom. The quantitative estimate of drug-likeness (QED) is 0.0287. The zero-order chi connectivity index (χ0) is 72.7. The van der Waals surface area contributed by atoms with Gasteiger partial charge in [0, 0.05) is 60.3 Å². The number of aliphatic hydroxyl groups is 18. The maximum atomic E-state index is 13.3. The Kier molecular flexibility index (Phi) is 30.0. The number of nitrogens with one attached hydrogen (secondary N) is 3. The molecule has 6 rings (SSSR count). The first kappa shape index (κ1) is 83.0. The zero-order valence-corrected chi connectivity index (χ0v) is 55.1. The van der Waals surface area contributed by atoms with E-state index in [2.05, 4.69) is 16.0 Å². The van der Waals surface area contributed by atoms with Crippen LogP contribution in [0.5, 0.6) is 0 Å². The molecule has 0 aromatic rings. The van der Waals surface area contributed by atoms with Crippen LogP contribution in [0.25, 0.3) is 0 Å². The highest BCUT2D eigenvalue weighted by Crippen LogP contribution is 2.43. The molecule has 40 nitrogen and oxygen atoms in total. The van der Waals surface area contributed by atoms with Crippen LogP contribution in [0.2, 0.25) is 0 Å². The van der Waals surface area contributed by atoms with Gasteiger partial charge in [-0.1, -0.05) is 0 Å². The fourth-order valence-corrected chi connectivity index (χ4v) is 12.6. The molecule has 0 saturated carbocycles. The van der Waals surface area contributed by atoms with E-state index in [0.717, 1.165) is 49.0 Å². The van der Waals surface area contributed by atoms with Crippen molar-refractivity contribution in [3.8, 4) is 0 Å². The minimum absolute atomic E-state index is 0.300. The molecule has 13 unspecified atom stereocenters. The highest BCUT2D eigenvalue weighted by molar-refractivity contribution is 5.76. The third-order valence-electron chi connectivity index (χ3n) is 17.9. The van der Waals surface area contributed by atoms with Crippen molar-refractivity contribution < 1.29 is 182 Å². The summed E-state index contributed by atoms with van der Waals surface area (Å²) in [5.74, 6) is -6.67. The third-order valence-corrected chi connectivity index (χ3v) is 17.9. The summed E-state index contributed by atoms with van der Waals surface area (Å²) in [6.45, 7) is 3.10. The molecule has 6 heterocycles. The van der Waals surface area contributed by atoms with Gasteiger partial charge in [0.15, 0.2) is 37.7 Å². The Morgan fingerprint density at radius 3 is 1.60 bits per heavy atom. The molecule has 6 saturated heterocycles. The number of carbonyl (C=O) groups is 3. The van der Waals surface area contributed by atoms with Crippen LogP contribution in [0.3, 0.4) is 0 Å². The Labute approximate surface area is 556 Å². The maximum absolute atomic E-state index is 13.3. The molecule has 0 aromatic carbocycles. The molecule has 97 heavy (non-hydrogen) atoms. The van der Waals surface area contributed by atoms with Gasteiger partial charge >= 0.3 is 5.97 Å². The van der Waals surface area contributed by atoms with Crippen LogP contribution in [0.1, 0.15) is 61.3 Å². The number of carboxylic acid groups (broad SMARTS) is 1. The number of carbonyl (C=O) groups excluding carboxylic acids is 2. The zero-order valence-electron chi connectivity index (χ0n) is 55.1. The van der Waals surface area contributed by atoms with Crippen LogP contribution in [0, 0.1) is 0 Å². The molecule has 0 aliphatic carbocycles. The van der Waals surface area contributed by atoms with Crippen LogP contribution in [-0.2, 0) is 85.4 Å². The Balaban J connectivity index is 1.32. The smallest absolute Gasteiger partial charge is 0.364 e. The fraction of sp³-hybridized carbons (Fsp3) is 0.947. The van der Waals surface area contributed by atoms with Crippen molar-refractivity contribution in [3.63, 3.8) is 0 Å². The van der Waals surface area contributed by atoms with Gasteiger partial charge in [-0.25, -0.2) is 4.79 Å². The van der Waals surface area contributed by atoms with Crippen LogP contribution in [0.15, 0.2) is 0 Å². The van der Waals surface area contributed by atoms with Gasteiger partial charge < -0.3 is 184 Å². The first-order valence-electron chi connectivity index (χ1n) is 31.3. The van der Waals surface area contributed by atoms with Gasteiger partial charge in [-0.2, -0.15) is 0 Å². The average Bonchev–Trinajstić information content (AvgIpc) is 0.751. The molecule has 2 amide bonds. The van der Waals surface area contributed by atoms with Gasteiger partial charge in [0.2, 0.25) is 11.8 Å². The van der Waals surface area contributed by atoms with Gasteiger partial charge in [0.05, 0.1) is 57.4 Å². The SMILES string of the molecule is COC(OC)[C@@H](O)C(C)(O)[C@@H](CCO)O[C@@H]1OC(CO)[C@H](O[C@H]2OC(CO)[C@@H](OC)C(C)(O[C@@H]3OC(CO)[C@@H](O[C@@H]4OC(CO)[C@H](O)[C@H](O[C@@]5(C(=O)O)C[C@@H](O)[C@H](NC(C)=O)C(C(O)CNC(C)(C)C)O5)C4O)[C@H](O)C3NC(C)=O)[C@@H]2O)[C@H](O[C@@H]2OC(CO)[C@@H](O)[C@H](O)C2O)C1O. The predicted molar refractivity (Wildman–Crippen MR) is 312 cm³/mol. The van der Waals surface area contributed by atoms with Gasteiger partial charge in [-0.05, 0) is 41.0 Å². The molecule has 22 N–H and O–H groups in total. The first-order chi connectivity index (χ1) is 45.4. The Hall–Kier alpha value is -2.95. The van der Waals surface area contributed by atoms with Crippen molar-refractivity contribution >= 4 is 17.8 Å². The van der Waals surface area contributed by atoms with Gasteiger partial charge in [-0.3, -0.25) is 9.59 Å². The molecule has 40 heteroatoms. The normalized spacial score (nSPS) is 43.1. The van der Waals surface area contributed by atoms with Crippen LogP contribution >= 0.6 is 0 Å². The van der Waals surface area contributed by atoms with E-state index in [4.69, 9.17) is 71.1 Å². The number of amides is 2. The van der Waals surface area contributed by atoms with E-state index >= 15 is 0 Å². The molecule has 6 fully saturated rings. The summed E-state index contributed by atoms with van der Waals surface area (Å²) in [7, 11) is 3.36. The van der Waals surface area contributed by atoms with E-state index in [0.29, 0.717) is 0 Å². The lowest BCUT2D eigenvalue weighted by molar-refractivity contribution is -0.414. The average molecular weight is 1420 g/mol. The number of hydrogen-bond acceptors (Lipinski definition) is 37. The molecule has 6 aliphatic heterocycles. The van der Waals surface area contributed by atoms with Crippen molar-refractivity contribution in [2.24, 2.45) is 0 Å². The highest BCUT2D eigenvalue weighted by Gasteiger charge is 2.64. The van der Waals surface area contributed by atoms with Crippen molar-refractivity contribution in [1.82, 2.24) is 16.0 Å². The Morgan fingerprint density at radius 1 is 0.577 bits per heavy atom. The number of aliphatic hydroxyl groups excluding tert-OH is 17. The van der Waals surface area contributed by atoms with Crippen molar-refractivity contribution in [3.05, 3.63) is 0 Å². The summed E-state index contributed by atoms with van der Waals surface area (Å²) in [6.07, 6.45) is -59.2. The molecule has 33 atom stereocenters. The summed E-state index contributed by atoms with van der Waals surface area (Å²) in [4.78, 5) is 38.7. The number of methoxy groups -OCH3 is 3. The van der Waals surface area contributed by atoms with Gasteiger partial charge in [-0.15, -0.1) is 0 Å². The second-order valence-electron chi connectivity index (χ2n) is 26.1. The van der Waals surface area contributed by atoms with E-state index in [-0.39, 0.29) is 6.54 Å². The van der Waals surface area contributed by atoms with E-state index in [1.807, 2.05) is 0 Å². The standard InChI is InChI=1S/C57H101N3O37/c1-20(67)59-30-22(69)13-57(53(80)81,95-39(30)23(70)14-58-54(3,4)5)96-42-33(72)25(16-63)87-50(37(42)76)92-40-26(17-64)88-47(31(34(40)73)60-21(2)68)97-56(7)45(79)52(90-28(19-66)46(56)83-8)93-41-27(18-65)89-49(91-29(11-12-61)55(6,82)44(78)51(84-9)85-10)38(77)43(41)94-48-36(75)35(74)32(71)24(15-62)86-48/h22-52,58,61-66,69-79,82H,11-19H2,1-10H3,(H,59,67)(H,60,68)(H,80,81)/t22-,23?,24?,25?,26?,27?,28?,29-,30+,31?,32-,33+,34-,35+,36?,37?,38?,39?,40-,41+,42+,43-,44-,45-,46-,47+,48+,49+,50+,52-,55?,56?,57-/m1/s1. The molecule has 0 spiro atoms. The molecule has 0 aromatic heterocycles. The van der Waals surface area contributed by atoms with Crippen LogP contribution < -0.4 is 16.0 Å². The van der Waals surface area contributed by atoms with Crippen LogP contribution in [-0.4, -0.2) is 395 Å². The van der Waals surface area contributed by atoms with E-state index in [1.165, 1.54) is 0 Å². The first-order valence-corrected chi connectivity index (χ1v) is 31.3. The van der Waals surface area contributed by atoms with E-state index in [1.54, 1.807) is 20.8 Å². The van der Waals surface area contributed by atoms with Crippen molar-refractivity contribution in [2.75, 3.05) is 67.5 Å². The molecule has 0 bridgehead atoms. The summed E-state index contributed by atoms with van der Waals surface area (Å²) in [5.41, 5.74) is -5.49. The largest absolute Gasteiger partial charge is 0.477 e. The van der Waals surface area contributed by atoms with Crippen LogP contribution in [0.4, 0.5) is 0 Å². The Bertz CT molecular complexity index is 2460. The highest BCUT2D eigenvalue weighted by atomic mass is 16.8. The number of carboxylic acids is 1. The number of ether oxygens (including phenoxy) is 15. The molecule has 0 radical (unpaired) electrons. The monoisotopic (exact) mass is 1420 g/mol. The lowest BCUT2D eigenvalue weighted by atomic mass is 9.84. The minimum atomic E-state index is -3.07. The third kappa shape index (κ3) is 18.5. The maximum Gasteiger partial charge on any atom is 0.364 e.